The molecule has 5 heteroatoms. The van der Waals surface area contributed by atoms with Crippen LogP contribution >= 0.6 is 11.8 Å². The maximum atomic E-state index is 11.2. The highest BCUT2D eigenvalue weighted by atomic mass is 32.2. The molecule has 0 radical (unpaired) electrons. The highest BCUT2D eigenvalue weighted by Crippen LogP contribution is 2.31. The van der Waals surface area contributed by atoms with Crippen molar-refractivity contribution in [1.82, 2.24) is 4.90 Å². The molecular weight excluding hydrogens is 250 g/mol. The number of carbonyl (C=O) groups is 1. The number of hydrogen-bond donors (Lipinski definition) is 1. The lowest BCUT2D eigenvalue weighted by molar-refractivity contribution is -0.154. The Morgan fingerprint density at radius 3 is 2.89 bits per heavy atom. The lowest BCUT2D eigenvalue weighted by Crippen LogP contribution is -2.48. The fraction of sp³-hybridized carbons (Fsp3) is 0.308. The molecule has 0 aromatic heterocycles. The summed E-state index contributed by atoms with van der Waals surface area (Å²) in [6, 6.07) is 7.10. The van der Waals surface area contributed by atoms with Crippen LogP contribution in [0.5, 0.6) is 5.75 Å². The van der Waals surface area contributed by atoms with Crippen LogP contribution in [-0.2, 0) is 9.53 Å². The van der Waals surface area contributed by atoms with Crippen molar-refractivity contribution >= 4 is 17.7 Å². The van der Waals surface area contributed by atoms with Gasteiger partial charge < -0.3 is 9.84 Å². The number of hydrogen-bond acceptors (Lipinski definition) is 4. The average molecular weight is 263 g/mol. The van der Waals surface area contributed by atoms with Crippen molar-refractivity contribution in [2.45, 2.75) is 17.5 Å². The standard InChI is InChI=1S/C13H13NO3S/c15-9-1-3-11(4-2-9)18-6-5-10-8-14-12(16)7-13(14)17-10/h1-5,13,15H,6-8H2/b10-5-/t13-/m1/s1. The molecular formula is C13H13NO3S. The van der Waals surface area contributed by atoms with Gasteiger partial charge in [0.25, 0.3) is 0 Å². The van der Waals surface area contributed by atoms with Crippen molar-refractivity contribution < 1.29 is 14.6 Å². The number of amides is 1. The Morgan fingerprint density at radius 1 is 1.44 bits per heavy atom. The lowest BCUT2D eigenvalue weighted by Gasteiger charge is -2.30. The highest BCUT2D eigenvalue weighted by Gasteiger charge is 2.43. The average Bonchev–Trinajstić information content (AvgIpc) is 2.69. The number of benzene rings is 1. The smallest absolute Gasteiger partial charge is 0.231 e. The highest BCUT2D eigenvalue weighted by molar-refractivity contribution is 7.99. The minimum Gasteiger partial charge on any atom is -0.508 e. The predicted molar refractivity (Wildman–Crippen MR) is 68.1 cm³/mol. The SMILES string of the molecule is O=C1C[C@H]2O/C(=C\CSc3ccc(O)cc3)CN12. The van der Waals surface area contributed by atoms with Crippen LogP contribution in [-0.4, -0.2) is 34.4 Å². The van der Waals surface area contributed by atoms with Crippen molar-refractivity contribution in [2.75, 3.05) is 12.3 Å². The molecule has 1 aromatic rings. The van der Waals surface area contributed by atoms with Crippen LogP contribution in [0.25, 0.3) is 0 Å². The second-order valence-electron chi connectivity index (χ2n) is 4.27. The van der Waals surface area contributed by atoms with Gasteiger partial charge in [-0.1, -0.05) is 0 Å². The molecule has 2 heterocycles. The Bertz CT molecular complexity index is 497. The molecule has 1 aromatic carbocycles. The van der Waals surface area contributed by atoms with E-state index >= 15 is 0 Å². The van der Waals surface area contributed by atoms with E-state index in [0.29, 0.717) is 13.0 Å². The zero-order valence-electron chi connectivity index (χ0n) is 9.70. The number of thioether (sulfide) groups is 1. The van der Waals surface area contributed by atoms with Gasteiger partial charge in [-0.2, -0.15) is 0 Å². The maximum absolute atomic E-state index is 11.2. The Kier molecular flexibility index (Phi) is 2.91. The van der Waals surface area contributed by atoms with Gasteiger partial charge in [0.1, 0.15) is 11.5 Å². The third-order valence-electron chi connectivity index (χ3n) is 3.03. The molecule has 0 aliphatic carbocycles. The number of fused-ring (bicyclic) bond motifs is 1. The van der Waals surface area contributed by atoms with Crippen molar-refractivity contribution in [3.63, 3.8) is 0 Å². The predicted octanol–water partition coefficient (Wildman–Crippen LogP) is 1.96. The minimum absolute atomic E-state index is 0.0116. The van der Waals surface area contributed by atoms with Crippen LogP contribution in [0.2, 0.25) is 0 Å². The maximum Gasteiger partial charge on any atom is 0.231 e. The summed E-state index contributed by atoms with van der Waals surface area (Å²) in [4.78, 5) is 14.0. The summed E-state index contributed by atoms with van der Waals surface area (Å²) >= 11 is 1.67. The van der Waals surface area contributed by atoms with Crippen LogP contribution < -0.4 is 0 Å². The Morgan fingerprint density at radius 2 is 2.22 bits per heavy atom. The first kappa shape index (κ1) is 11.5. The first-order valence-electron chi connectivity index (χ1n) is 5.79. The Balaban J connectivity index is 1.52. The number of carbonyl (C=O) groups excluding carboxylic acids is 1. The summed E-state index contributed by atoms with van der Waals surface area (Å²) < 4.78 is 5.60. The molecule has 2 saturated heterocycles. The van der Waals surface area contributed by atoms with E-state index < -0.39 is 0 Å². The molecule has 0 bridgehead atoms. The van der Waals surface area contributed by atoms with Crippen LogP contribution in [0, 0.1) is 0 Å². The first-order valence-corrected chi connectivity index (χ1v) is 6.78. The van der Waals surface area contributed by atoms with E-state index in [1.165, 1.54) is 0 Å². The van der Waals surface area contributed by atoms with Gasteiger partial charge in [-0.05, 0) is 30.3 Å². The monoisotopic (exact) mass is 263 g/mol. The fourth-order valence-electron chi connectivity index (χ4n) is 1.99. The summed E-state index contributed by atoms with van der Waals surface area (Å²) in [5.74, 6) is 2.14. The van der Waals surface area contributed by atoms with E-state index in [-0.39, 0.29) is 17.9 Å². The number of phenolic OH excluding ortho intramolecular Hbond substituents is 1. The number of ether oxygens (including phenoxy) is 1. The molecule has 18 heavy (non-hydrogen) atoms. The second kappa shape index (κ2) is 4.57. The molecule has 2 aliphatic rings. The van der Waals surface area contributed by atoms with Gasteiger partial charge >= 0.3 is 0 Å². The van der Waals surface area contributed by atoms with Gasteiger partial charge in [0.05, 0.1) is 13.0 Å². The summed E-state index contributed by atoms with van der Waals surface area (Å²) in [6.07, 6.45) is 2.52. The zero-order chi connectivity index (χ0) is 12.5. The molecule has 1 N–H and O–H groups in total. The van der Waals surface area contributed by atoms with Crippen molar-refractivity contribution in [2.24, 2.45) is 0 Å². The fourth-order valence-corrected chi connectivity index (χ4v) is 2.78. The molecule has 3 rings (SSSR count). The molecule has 0 unspecified atom stereocenters. The topological polar surface area (TPSA) is 49.8 Å². The van der Waals surface area contributed by atoms with Crippen molar-refractivity contribution in [1.29, 1.82) is 0 Å². The first-order chi connectivity index (χ1) is 8.72. The summed E-state index contributed by atoms with van der Waals surface area (Å²) in [6.45, 7) is 0.611. The van der Waals surface area contributed by atoms with Crippen molar-refractivity contribution in [3.05, 3.63) is 36.1 Å². The Hall–Kier alpha value is -1.62. The van der Waals surface area contributed by atoms with Crippen LogP contribution in [0.3, 0.4) is 0 Å². The number of aromatic hydroxyl groups is 1. The second-order valence-corrected chi connectivity index (χ2v) is 5.37. The largest absolute Gasteiger partial charge is 0.508 e. The van der Waals surface area contributed by atoms with Gasteiger partial charge in [0.2, 0.25) is 5.91 Å². The van der Waals surface area contributed by atoms with E-state index in [9.17, 15) is 4.79 Å². The molecule has 2 aliphatic heterocycles. The third-order valence-corrected chi connectivity index (χ3v) is 3.97. The van der Waals surface area contributed by atoms with E-state index in [1.807, 2.05) is 18.2 Å². The number of nitrogens with zero attached hydrogens (tertiary/aromatic N) is 1. The minimum atomic E-state index is -0.0116. The number of β-lactam (4-membered cyclic amide) rings is 1. The van der Waals surface area contributed by atoms with Crippen LogP contribution in [0.4, 0.5) is 0 Å². The lowest BCUT2D eigenvalue weighted by atomic mass is 10.2. The summed E-state index contributed by atoms with van der Waals surface area (Å²) in [5, 5.41) is 9.17. The van der Waals surface area contributed by atoms with Crippen molar-refractivity contribution in [3.8, 4) is 5.75 Å². The van der Waals surface area contributed by atoms with E-state index in [4.69, 9.17) is 9.84 Å². The Labute approximate surface area is 109 Å². The molecule has 2 fully saturated rings. The number of phenols is 1. The van der Waals surface area contributed by atoms with Gasteiger partial charge in [0, 0.05) is 10.6 Å². The summed E-state index contributed by atoms with van der Waals surface area (Å²) in [5.41, 5.74) is 0. The van der Waals surface area contributed by atoms with Gasteiger partial charge in [-0.15, -0.1) is 11.8 Å². The third kappa shape index (κ3) is 2.18. The summed E-state index contributed by atoms with van der Waals surface area (Å²) in [7, 11) is 0. The molecule has 4 nitrogen and oxygen atoms in total. The van der Waals surface area contributed by atoms with Crippen LogP contribution in [0.15, 0.2) is 41.0 Å². The molecule has 1 amide bonds. The van der Waals surface area contributed by atoms with Gasteiger partial charge in [0.15, 0.2) is 6.23 Å². The van der Waals surface area contributed by atoms with Gasteiger partial charge in [-0.25, -0.2) is 0 Å². The molecule has 1 atom stereocenters. The van der Waals surface area contributed by atoms with E-state index in [0.717, 1.165) is 16.4 Å². The number of rotatable bonds is 3. The van der Waals surface area contributed by atoms with Gasteiger partial charge in [-0.3, -0.25) is 9.69 Å². The molecule has 0 spiro atoms. The van der Waals surface area contributed by atoms with E-state index in [1.54, 1.807) is 28.8 Å². The zero-order valence-corrected chi connectivity index (χ0v) is 10.5. The molecule has 94 valence electrons. The quantitative estimate of drug-likeness (QED) is 0.669. The van der Waals surface area contributed by atoms with Crippen LogP contribution in [0.1, 0.15) is 6.42 Å². The normalized spacial score (nSPS) is 23.8. The van der Waals surface area contributed by atoms with E-state index in [2.05, 4.69) is 0 Å². The molecule has 0 saturated carbocycles.